The zero-order chi connectivity index (χ0) is 17.4. The highest BCUT2D eigenvalue weighted by Crippen LogP contribution is 2.26. The highest BCUT2D eigenvalue weighted by molar-refractivity contribution is 5.79. The van der Waals surface area contributed by atoms with Crippen LogP contribution in [0.3, 0.4) is 0 Å². The van der Waals surface area contributed by atoms with Gasteiger partial charge in [0.2, 0.25) is 0 Å². The molecular formula is C19H15FN4O. The van der Waals surface area contributed by atoms with E-state index in [-0.39, 0.29) is 11.4 Å². The van der Waals surface area contributed by atoms with Crippen LogP contribution in [0.1, 0.15) is 5.56 Å². The molecule has 3 N–H and O–H groups in total. The first-order valence-electron chi connectivity index (χ1n) is 7.82. The van der Waals surface area contributed by atoms with Gasteiger partial charge in [-0.2, -0.15) is 5.10 Å². The van der Waals surface area contributed by atoms with Crippen LogP contribution in [0, 0.1) is 5.82 Å². The van der Waals surface area contributed by atoms with E-state index < -0.39 is 0 Å². The summed E-state index contributed by atoms with van der Waals surface area (Å²) in [5, 5.41) is 4.41. The third-order valence-corrected chi connectivity index (χ3v) is 4.15. The summed E-state index contributed by atoms with van der Waals surface area (Å²) >= 11 is 0. The summed E-state index contributed by atoms with van der Waals surface area (Å²) in [6, 6.07) is 15.2. The van der Waals surface area contributed by atoms with E-state index in [9.17, 15) is 9.18 Å². The summed E-state index contributed by atoms with van der Waals surface area (Å²) in [5.41, 5.74) is 10.1. The third kappa shape index (κ3) is 2.72. The van der Waals surface area contributed by atoms with Crippen molar-refractivity contribution in [1.82, 2.24) is 14.6 Å². The SMILES string of the molecule is NCc1ccc(-c2cnn3c(-c4ccc(F)cc4)cc(=O)[nH]c23)cc1. The minimum atomic E-state index is -0.328. The number of benzene rings is 2. The zero-order valence-corrected chi connectivity index (χ0v) is 13.2. The molecule has 0 saturated heterocycles. The monoisotopic (exact) mass is 334 g/mol. The Morgan fingerprint density at radius 2 is 1.72 bits per heavy atom. The van der Waals surface area contributed by atoms with E-state index in [0.717, 1.165) is 16.7 Å². The van der Waals surface area contributed by atoms with Crippen molar-refractivity contribution >= 4 is 5.65 Å². The summed E-state index contributed by atoms with van der Waals surface area (Å²) in [7, 11) is 0. The maximum absolute atomic E-state index is 13.2. The predicted octanol–water partition coefficient (Wildman–Crippen LogP) is 2.95. The van der Waals surface area contributed by atoms with Crippen LogP contribution in [0.15, 0.2) is 65.6 Å². The quantitative estimate of drug-likeness (QED) is 0.605. The molecule has 2 aromatic carbocycles. The molecule has 0 atom stereocenters. The molecule has 124 valence electrons. The van der Waals surface area contributed by atoms with Crippen molar-refractivity contribution in [3.05, 3.63) is 82.5 Å². The Bertz CT molecular complexity index is 1100. The molecular weight excluding hydrogens is 319 g/mol. The zero-order valence-electron chi connectivity index (χ0n) is 13.2. The van der Waals surface area contributed by atoms with Crippen molar-refractivity contribution in [3.63, 3.8) is 0 Å². The third-order valence-electron chi connectivity index (χ3n) is 4.15. The van der Waals surface area contributed by atoms with Gasteiger partial charge in [0.15, 0.2) is 0 Å². The standard InChI is InChI=1S/C19H15FN4O/c20-15-7-5-14(6-8-15)17-9-18(25)23-19-16(11-22-24(17)19)13-3-1-12(10-21)2-4-13/h1-9,11H,10,21H2,(H,23,25). The highest BCUT2D eigenvalue weighted by Gasteiger charge is 2.12. The van der Waals surface area contributed by atoms with Crippen LogP contribution in [-0.2, 0) is 6.54 Å². The second kappa shape index (κ2) is 5.99. The van der Waals surface area contributed by atoms with E-state index >= 15 is 0 Å². The first-order chi connectivity index (χ1) is 12.2. The number of fused-ring (bicyclic) bond motifs is 1. The van der Waals surface area contributed by atoms with Crippen molar-refractivity contribution in [2.45, 2.75) is 6.54 Å². The fourth-order valence-corrected chi connectivity index (χ4v) is 2.85. The molecule has 2 aromatic heterocycles. The average molecular weight is 334 g/mol. The lowest BCUT2D eigenvalue weighted by Crippen LogP contribution is -2.09. The minimum absolute atomic E-state index is 0.243. The molecule has 0 saturated carbocycles. The molecule has 0 unspecified atom stereocenters. The number of rotatable bonds is 3. The van der Waals surface area contributed by atoms with Gasteiger partial charge in [0.05, 0.1) is 11.9 Å². The van der Waals surface area contributed by atoms with Crippen molar-refractivity contribution in [3.8, 4) is 22.4 Å². The van der Waals surface area contributed by atoms with Crippen LogP contribution in [0.25, 0.3) is 28.0 Å². The average Bonchev–Trinajstić information content (AvgIpc) is 3.05. The van der Waals surface area contributed by atoms with Crippen LogP contribution in [0.2, 0.25) is 0 Å². The molecule has 0 bridgehead atoms. The van der Waals surface area contributed by atoms with Crippen LogP contribution < -0.4 is 11.3 Å². The summed E-state index contributed by atoms with van der Waals surface area (Å²) in [5.74, 6) is -0.328. The first-order valence-corrected chi connectivity index (χ1v) is 7.82. The van der Waals surface area contributed by atoms with E-state index in [0.29, 0.717) is 23.4 Å². The lowest BCUT2D eigenvalue weighted by Gasteiger charge is -2.06. The molecule has 6 heteroatoms. The Morgan fingerprint density at radius 3 is 2.40 bits per heavy atom. The number of halogens is 1. The van der Waals surface area contributed by atoms with E-state index in [2.05, 4.69) is 10.1 Å². The van der Waals surface area contributed by atoms with E-state index in [1.54, 1.807) is 22.8 Å². The Morgan fingerprint density at radius 1 is 1.04 bits per heavy atom. The fraction of sp³-hybridized carbons (Fsp3) is 0.0526. The highest BCUT2D eigenvalue weighted by atomic mass is 19.1. The molecule has 2 heterocycles. The Balaban J connectivity index is 1.91. The number of hydrogen-bond donors (Lipinski definition) is 2. The maximum atomic E-state index is 13.2. The van der Waals surface area contributed by atoms with E-state index in [1.165, 1.54) is 18.2 Å². The van der Waals surface area contributed by atoms with Gasteiger partial charge in [-0.3, -0.25) is 4.79 Å². The number of nitrogens with two attached hydrogens (primary N) is 1. The first kappa shape index (κ1) is 15.3. The van der Waals surface area contributed by atoms with Gasteiger partial charge >= 0.3 is 0 Å². The van der Waals surface area contributed by atoms with Crippen molar-refractivity contribution in [2.24, 2.45) is 5.73 Å². The molecule has 0 fully saturated rings. The number of hydrogen-bond acceptors (Lipinski definition) is 3. The second-order valence-corrected chi connectivity index (χ2v) is 5.75. The lowest BCUT2D eigenvalue weighted by molar-refractivity contribution is 0.628. The molecule has 4 rings (SSSR count). The molecule has 4 aromatic rings. The summed E-state index contributed by atoms with van der Waals surface area (Å²) < 4.78 is 14.8. The number of H-pyrrole nitrogens is 1. The molecule has 0 aliphatic rings. The van der Waals surface area contributed by atoms with Crippen LogP contribution in [0.5, 0.6) is 0 Å². The predicted molar refractivity (Wildman–Crippen MR) is 94.5 cm³/mol. The number of nitrogens with zero attached hydrogens (tertiary/aromatic N) is 2. The molecule has 0 spiro atoms. The van der Waals surface area contributed by atoms with Gasteiger partial charge in [-0.1, -0.05) is 24.3 Å². The molecule has 0 amide bonds. The van der Waals surface area contributed by atoms with Gasteiger partial charge in [0.25, 0.3) is 5.56 Å². The fourth-order valence-electron chi connectivity index (χ4n) is 2.85. The summed E-state index contributed by atoms with van der Waals surface area (Å²) in [6.07, 6.45) is 1.70. The van der Waals surface area contributed by atoms with Gasteiger partial charge in [-0.25, -0.2) is 8.91 Å². The minimum Gasteiger partial charge on any atom is -0.326 e. The van der Waals surface area contributed by atoms with Gasteiger partial charge in [-0.05, 0) is 35.4 Å². The van der Waals surface area contributed by atoms with Gasteiger partial charge in [0.1, 0.15) is 11.5 Å². The van der Waals surface area contributed by atoms with Gasteiger partial charge < -0.3 is 10.7 Å². The Kier molecular flexibility index (Phi) is 3.66. The molecule has 0 aliphatic carbocycles. The number of nitrogens with one attached hydrogen (secondary N) is 1. The molecule has 0 radical (unpaired) electrons. The van der Waals surface area contributed by atoms with Crippen LogP contribution >= 0.6 is 0 Å². The largest absolute Gasteiger partial charge is 0.326 e. The van der Waals surface area contributed by atoms with Crippen molar-refractivity contribution in [1.29, 1.82) is 0 Å². The summed E-state index contributed by atoms with van der Waals surface area (Å²) in [4.78, 5) is 15.0. The van der Waals surface area contributed by atoms with E-state index in [1.807, 2.05) is 24.3 Å². The van der Waals surface area contributed by atoms with Gasteiger partial charge in [-0.15, -0.1) is 0 Å². The van der Waals surface area contributed by atoms with Crippen LogP contribution in [-0.4, -0.2) is 14.6 Å². The lowest BCUT2D eigenvalue weighted by atomic mass is 10.1. The normalized spacial score (nSPS) is 11.1. The van der Waals surface area contributed by atoms with E-state index in [4.69, 9.17) is 5.73 Å². The maximum Gasteiger partial charge on any atom is 0.251 e. The Hall–Kier alpha value is -3.25. The van der Waals surface area contributed by atoms with Crippen LogP contribution in [0.4, 0.5) is 4.39 Å². The summed E-state index contributed by atoms with van der Waals surface area (Å²) in [6.45, 7) is 0.473. The smallest absolute Gasteiger partial charge is 0.251 e. The second-order valence-electron chi connectivity index (χ2n) is 5.75. The number of aromatic nitrogens is 3. The molecule has 0 aliphatic heterocycles. The topological polar surface area (TPSA) is 76.2 Å². The number of aromatic amines is 1. The van der Waals surface area contributed by atoms with Gasteiger partial charge in [0, 0.05) is 23.7 Å². The molecule has 5 nitrogen and oxygen atoms in total. The van der Waals surface area contributed by atoms with Crippen molar-refractivity contribution in [2.75, 3.05) is 0 Å². The Labute approximate surface area is 142 Å². The molecule has 25 heavy (non-hydrogen) atoms. The van der Waals surface area contributed by atoms with Crippen molar-refractivity contribution < 1.29 is 4.39 Å².